The maximum Gasteiger partial charge on any atom is 0.402 e. The van der Waals surface area contributed by atoms with Crippen molar-refractivity contribution < 1.29 is 28.3 Å². The van der Waals surface area contributed by atoms with Gasteiger partial charge in [-0.15, -0.1) is 0 Å². The summed E-state index contributed by atoms with van der Waals surface area (Å²) >= 11 is 0. The van der Waals surface area contributed by atoms with E-state index in [0.717, 1.165) is 6.08 Å². The second-order valence-electron chi connectivity index (χ2n) is 3.98. The first-order valence-electron chi connectivity index (χ1n) is 5.23. The molecule has 0 aromatic heterocycles. The summed E-state index contributed by atoms with van der Waals surface area (Å²) < 4.78 is 28.6. The zero-order valence-corrected chi connectivity index (χ0v) is 11.5. The third-order valence-corrected chi connectivity index (χ3v) is 7.45. The van der Waals surface area contributed by atoms with Crippen molar-refractivity contribution in [1.82, 2.24) is 0 Å². The normalized spacial score (nSPS) is 24.6. The van der Waals surface area contributed by atoms with Crippen LogP contribution in [0.25, 0.3) is 6.08 Å². The highest BCUT2D eigenvalue weighted by Crippen LogP contribution is 2.79. The summed E-state index contributed by atoms with van der Waals surface area (Å²) in [5.41, 5.74) is 0.531. The Morgan fingerprint density at radius 3 is 2.42 bits per heavy atom. The van der Waals surface area contributed by atoms with Gasteiger partial charge in [0.05, 0.1) is 6.26 Å². The monoisotopic (exact) mass is 302 g/mol. The summed E-state index contributed by atoms with van der Waals surface area (Å²) in [4.78, 5) is 26.8. The quantitative estimate of drug-likeness (QED) is 0.582. The second kappa shape index (κ2) is 4.44. The van der Waals surface area contributed by atoms with Crippen LogP contribution in [-0.4, -0.2) is 14.7 Å². The smallest absolute Gasteiger partial charge is 0.402 e. The molecule has 6 nitrogen and oxygen atoms in total. The minimum absolute atomic E-state index is 0.0658. The summed E-state index contributed by atoms with van der Waals surface area (Å²) in [5, 5.41) is 0. The summed E-state index contributed by atoms with van der Waals surface area (Å²) in [5.74, 6) is 0. The van der Waals surface area contributed by atoms with Crippen molar-refractivity contribution in [3.63, 3.8) is 0 Å². The van der Waals surface area contributed by atoms with Gasteiger partial charge in [-0.1, -0.05) is 36.9 Å². The van der Waals surface area contributed by atoms with Gasteiger partial charge in [0.25, 0.3) is 0 Å². The lowest BCUT2D eigenvalue weighted by atomic mass is 10.1. The molecule has 0 saturated carbocycles. The molecule has 0 fully saturated rings. The lowest BCUT2D eigenvalue weighted by Crippen LogP contribution is -2.23. The summed E-state index contributed by atoms with van der Waals surface area (Å²) in [6.07, 6.45) is 3.12. The Balaban J connectivity index is 2.78. The van der Waals surface area contributed by atoms with Crippen LogP contribution in [0.1, 0.15) is 11.1 Å². The van der Waals surface area contributed by atoms with Crippen LogP contribution in [0.5, 0.6) is 0 Å². The Morgan fingerprint density at radius 1 is 1.21 bits per heavy atom. The van der Waals surface area contributed by atoms with Crippen LogP contribution in [0.4, 0.5) is 0 Å². The molecule has 102 valence electrons. The fraction of sp³-hybridized carbons (Fsp3) is 0.0909. The van der Waals surface area contributed by atoms with Crippen molar-refractivity contribution in [1.29, 1.82) is 0 Å². The molecule has 19 heavy (non-hydrogen) atoms. The van der Waals surface area contributed by atoms with Crippen LogP contribution in [0, 0.1) is 0 Å². The zero-order valence-electron chi connectivity index (χ0n) is 9.71. The molecule has 0 radical (unpaired) electrons. The van der Waals surface area contributed by atoms with E-state index in [4.69, 9.17) is 0 Å². The standard InChI is InChI=1S/C11H12O6P2/c1-2-17-19(15,16)11(18(12,13)14)8-7-9-5-3-4-6-10(9)11/h2-8H,1H2,(H,15,16)(H2,12,13,14). The van der Waals surface area contributed by atoms with Crippen LogP contribution in [-0.2, 0) is 18.6 Å². The van der Waals surface area contributed by atoms with E-state index in [0.29, 0.717) is 11.8 Å². The maximum atomic E-state index is 12.3. The van der Waals surface area contributed by atoms with E-state index in [1.807, 2.05) is 0 Å². The van der Waals surface area contributed by atoms with E-state index >= 15 is 0 Å². The second-order valence-corrected chi connectivity index (χ2v) is 8.09. The summed E-state index contributed by atoms with van der Waals surface area (Å²) in [6, 6.07) is 6.18. The molecule has 1 aromatic carbocycles. The lowest BCUT2D eigenvalue weighted by Gasteiger charge is -2.32. The average Bonchev–Trinajstić information content (AvgIpc) is 2.69. The highest BCUT2D eigenvalue weighted by molar-refractivity contribution is 7.72. The summed E-state index contributed by atoms with van der Waals surface area (Å²) in [7, 11) is -9.69. The zero-order chi connectivity index (χ0) is 14.3. The van der Waals surface area contributed by atoms with Crippen molar-refractivity contribution in [3.05, 3.63) is 54.3 Å². The largest absolute Gasteiger partial charge is 0.432 e. The van der Waals surface area contributed by atoms with Gasteiger partial charge in [0.15, 0.2) is 0 Å². The number of hydrogen-bond donors (Lipinski definition) is 3. The first-order valence-corrected chi connectivity index (χ1v) is 8.42. The van der Waals surface area contributed by atoms with Gasteiger partial charge in [0.1, 0.15) is 0 Å². The molecule has 0 spiro atoms. The van der Waals surface area contributed by atoms with E-state index in [9.17, 15) is 23.8 Å². The highest BCUT2D eigenvalue weighted by Gasteiger charge is 2.64. The van der Waals surface area contributed by atoms with Crippen LogP contribution >= 0.6 is 15.2 Å². The predicted octanol–water partition coefficient (Wildman–Crippen LogP) is 2.39. The third-order valence-electron chi connectivity index (χ3n) is 2.94. The Morgan fingerprint density at radius 2 is 1.84 bits per heavy atom. The Labute approximate surface area is 109 Å². The molecule has 0 bridgehead atoms. The van der Waals surface area contributed by atoms with Gasteiger partial charge in [-0.2, -0.15) is 0 Å². The van der Waals surface area contributed by atoms with Gasteiger partial charge < -0.3 is 19.2 Å². The van der Waals surface area contributed by atoms with E-state index in [1.165, 1.54) is 18.2 Å². The molecule has 2 atom stereocenters. The van der Waals surface area contributed by atoms with Crippen molar-refractivity contribution in [2.45, 2.75) is 4.90 Å². The van der Waals surface area contributed by atoms with E-state index in [2.05, 4.69) is 11.1 Å². The Hall–Kier alpha value is -1.16. The van der Waals surface area contributed by atoms with Gasteiger partial charge in [0, 0.05) is 0 Å². The van der Waals surface area contributed by atoms with E-state index in [-0.39, 0.29) is 5.56 Å². The van der Waals surface area contributed by atoms with Crippen molar-refractivity contribution in [2.75, 3.05) is 0 Å². The van der Waals surface area contributed by atoms with Crippen LogP contribution < -0.4 is 0 Å². The molecule has 1 aromatic rings. The van der Waals surface area contributed by atoms with Gasteiger partial charge in [0.2, 0.25) is 4.90 Å². The van der Waals surface area contributed by atoms with Crippen molar-refractivity contribution in [2.24, 2.45) is 0 Å². The fourth-order valence-corrected chi connectivity index (χ4v) is 5.50. The SMILES string of the molecule is C=COP(=O)(O)C1(P(=O)(O)O)C=Cc2ccccc21. The Kier molecular flexibility index (Phi) is 3.33. The third kappa shape index (κ3) is 1.93. The van der Waals surface area contributed by atoms with Gasteiger partial charge in [-0.25, -0.2) is 4.57 Å². The van der Waals surface area contributed by atoms with Crippen molar-refractivity contribution >= 4 is 21.3 Å². The molecule has 3 N–H and O–H groups in total. The molecule has 1 aliphatic rings. The predicted molar refractivity (Wildman–Crippen MR) is 70.3 cm³/mol. The highest BCUT2D eigenvalue weighted by atomic mass is 31.2. The van der Waals surface area contributed by atoms with Crippen LogP contribution in [0.3, 0.4) is 0 Å². The molecule has 0 aliphatic heterocycles. The van der Waals surface area contributed by atoms with E-state index < -0.39 is 20.1 Å². The van der Waals surface area contributed by atoms with Crippen LogP contribution in [0.15, 0.2) is 43.2 Å². The lowest BCUT2D eigenvalue weighted by molar-refractivity contribution is 0.311. The number of rotatable bonds is 4. The number of fused-ring (bicyclic) bond motifs is 1. The van der Waals surface area contributed by atoms with Gasteiger partial charge in [-0.05, 0) is 17.2 Å². The molecular weight excluding hydrogens is 290 g/mol. The van der Waals surface area contributed by atoms with Gasteiger partial charge >= 0.3 is 15.2 Å². The summed E-state index contributed by atoms with van der Waals surface area (Å²) in [6.45, 7) is 3.15. The molecular formula is C11H12O6P2. The molecule has 2 unspecified atom stereocenters. The molecule has 0 saturated heterocycles. The molecule has 2 rings (SSSR count). The first kappa shape index (κ1) is 14.3. The number of hydrogen-bond acceptors (Lipinski definition) is 3. The molecule has 0 amide bonds. The van der Waals surface area contributed by atoms with Crippen LogP contribution in [0.2, 0.25) is 0 Å². The molecule has 1 aliphatic carbocycles. The fourth-order valence-electron chi connectivity index (χ4n) is 2.12. The number of benzene rings is 1. The number of allylic oxidation sites excluding steroid dienone is 1. The Bertz CT molecular complexity index is 646. The van der Waals surface area contributed by atoms with Gasteiger partial charge in [-0.3, -0.25) is 4.57 Å². The van der Waals surface area contributed by atoms with E-state index in [1.54, 1.807) is 12.1 Å². The topological polar surface area (TPSA) is 104 Å². The van der Waals surface area contributed by atoms with Crippen molar-refractivity contribution in [3.8, 4) is 0 Å². The average molecular weight is 302 g/mol. The molecule has 0 heterocycles. The minimum Gasteiger partial charge on any atom is -0.432 e. The first-order chi connectivity index (χ1) is 8.76. The maximum absolute atomic E-state index is 12.3. The molecule has 8 heteroatoms. The minimum atomic E-state index is -5.00.